The van der Waals surface area contributed by atoms with Crippen LogP contribution in [0, 0.1) is 0 Å². The van der Waals surface area contributed by atoms with Crippen LogP contribution in [-0.2, 0) is 11.2 Å². The minimum Gasteiger partial charge on any atom is -0.391 e. The minimum atomic E-state index is -0.496. The van der Waals surface area contributed by atoms with Gasteiger partial charge < -0.3 is 10.0 Å². The number of carbonyl (C=O) groups excluding carboxylic acids is 1. The maximum Gasteiger partial charge on any atom is 0.225 e. The van der Waals surface area contributed by atoms with Crippen LogP contribution in [0.25, 0.3) is 0 Å². The fourth-order valence-corrected chi connectivity index (χ4v) is 1.69. The van der Waals surface area contributed by atoms with E-state index in [-0.39, 0.29) is 12.3 Å². The van der Waals surface area contributed by atoms with Gasteiger partial charge in [0.1, 0.15) is 6.33 Å². The van der Waals surface area contributed by atoms with E-state index in [9.17, 15) is 9.90 Å². The number of carbonyl (C=O) groups is 1. The van der Waals surface area contributed by atoms with Gasteiger partial charge in [-0.05, 0) is 12.0 Å². The summed E-state index contributed by atoms with van der Waals surface area (Å²) in [6, 6.07) is 0. The Morgan fingerprint density at radius 3 is 2.80 bits per heavy atom. The highest BCUT2D eigenvalue weighted by atomic mass is 16.3. The summed E-state index contributed by atoms with van der Waals surface area (Å²) < 4.78 is 0. The van der Waals surface area contributed by atoms with E-state index < -0.39 is 6.10 Å². The van der Waals surface area contributed by atoms with Crippen molar-refractivity contribution in [1.82, 2.24) is 14.9 Å². The van der Waals surface area contributed by atoms with Crippen molar-refractivity contribution in [1.29, 1.82) is 0 Å². The first-order valence-electron chi connectivity index (χ1n) is 4.95. The Bertz CT molecular complexity index is 342. The summed E-state index contributed by atoms with van der Waals surface area (Å²) >= 11 is 0. The third-order valence-corrected chi connectivity index (χ3v) is 2.48. The molecule has 2 rings (SSSR count). The van der Waals surface area contributed by atoms with E-state index in [2.05, 4.69) is 9.97 Å². The number of hydrogen-bond acceptors (Lipinski definition) is 4. The molecule has 1 aromatic rings. The Hall–Kier alpha value is -1.49. The highest BCUT2D eigenvalue weighted by molar-refractivity contribution is 5.78. The number of aliphatic hydroxyl groups excluding tert-OH is 1. The molecular weight excluding hydrogens is 194 g/mol. The van der Waals surface area contributed by atoms with Crippen LogP contribution < -0.4 is 0 Å². The van der Waals surface area contributed by atoms with Gasteiger partial charge in [-0.25, -0.2) is 9.97 Å². The summed E-state index contributed by atoms with van der Waals surface area (Å²) in [6.07, 6.45) is 5.46. The number of amides is 1. The maximum atomic E-state index is 11.3. The predicted octanol–water partition coefficient (Wildman–Crippen LogP) is -0.388. The van der Waals surface area contributed by atoms with Gasteiger partial charge in [0.05, 0.1) is 12.5 Å². The van der Waals surface area contributed by atoms with Crippen LogP contribution in [0.2, 0.25) is 0 Å². The molecular formula is C10H13N3O2. The third-order valence-electron chi connectivity index (χ3n) is 2.48. The van der Waals surface area contributed by atoms with Crippen molar-refractivity contribution in [2.75, 3.05) is 13.1 Å². The first-order valence-corrected chi connectivity index (χ1v) is 4.95. The smallest absolute Gasteiger partial charge is 0.225 e. The number of aromatic nitrogens is 2. The van der Waals surface area contributed by atoms with Gasteiger partial charge in [-0.2, -0.15) is 0 Å². The Kier molecular flexibility index (Phi) is 2.91. The van der Waals surface area contributed by atoms with E-state index in [1.165, 1.54) is 6.33 Å². The summed E-state index contributed by atoms with van der Waals surface area (Å²) in [6.45, 7) is 1.08. The number of aliphatic hydroxyl groups is 1. The van der Waals surface area contributed by atoms with E-state index in [1.807, 2.05) is 0 Å². The standard InChI is InChI=1S/C10H13N3O2/c14-9-3-10(15)13(6-9)2-1-8-4-11-7-12-5-8/h4-5,7,9,14H,1-3,6H2. The van der Waals surface area contributed by atoms with Crippen molar-refractivity contribution in [3.63, 3.8) is 0 Å². The van der Waals surface area contributed by atoms with Gasteiger partial charge in [-0.1, -0.05) is 0 Å². The van der Waals surface area contributed by atoms with E-state index in [0.717, 1.165) is 12.0 Å². The minimum absolute atomic E-state index is 0.0272. The first-order chi connectivity index (χ1) is 7.25. The second-order valence-corrected chi connectivity index (χ2v) is 3.69. The summed E-state index contributed by atoms with van der Waals surface area (Å²) in [7, 11) is 0. The lowest BCUT2D eigenvalue weighted by Crippen LogP contribution is -2.28. The SMILES string of the molecule is O=C1CC(O)CN1CCc1cncnc1. The van der Waals surface area contributed by atoms with Gasteiger partial charge in [0, 0.05) is 25.5 Å². The molecule has 1 saturated heterocycles. The zero-order valence-corrected chi connectivity index (χ0v) is 8.33. The molecule has 2 heterocycles. The van der Waals surface area contributed by atoms with Crippen molar-refractivity contribution in [3.05, 3.63) is 24.3 Å². The molecule has 1 aliphatic rings. The van der Waals surface area contributed by atoms with E-state index in [1.54, 1.807) is 17.3 Å². The fraction of sp³-hybridized carbons (Fsp3) is 0.500. The average molecular weight is 207 g/mol. The Morgan fingerprint density at radius 1 is 1.47 bits per heavy atom. The van der Waals surface area contributed by atoms with Crippen LogP contribution in [0.3, 0.4) is 0 Å². The van der Waals surface area contributed by atoms with Gasteiger partial charge in [0.15, 0.2) is 0 Å². The molecule has 1 N–H and O–H groups in total. The van der Waals surface area contributed by atoms with Gasteiger partial charge >= 0.3 is 0 Å². The molecule has 5 heteroatoms. The fourth-order valence-electron chi connectivity index (χ4n) is 1.69. The van der Waals surface area contributed by atoms with Gasteiger partial charge in [-0.3, -0.25) is 4.79 Å². The van der Waals surface area contributed by atoms with Crippen LogP contribution >= 0.6 is 0 Å². The summed E-state index contributed by atoms with van der Waals surface area (Å²) in [4.78, 5) is 20.8. The van der Waals surface area contributed by atoms with Gasteiger partial charge in [0.25, 0.3) is 0 Å². The van der Waals surface area contributed by atoms with Crippen LogP contribution in [0.5, 0.6) is 0 Å². The Labute approximate surface area is 87.8 Å². The van der Waals surface area contributed by atoms with Crippen LogP contribution in [0.15, 0.2) is 18.7 Å². The quantitative estimate of drug-likeness (QED) is 0.733. The van der Waals surface area contributed by atoms with Crippen LogP contribution in [-0.4, -0.2) is 45.1 Å². The molecule has 1 amide bonds. The van der Waals surface area contributed by atoms with Gasteiger partial charge in [0.2, 0.25) is 5.91 Å². The lowest BCUT2D eigenvalue weighted by molar-refractivity contribution is -0.127. The van der Waals surface area contributed by atoms with Gasteiger partial charge in [-0.15, -0.1) is 0 Å². The Balaban J connectivity index is 1.86. The number of likely N-dealkylation sites (tertiary alicyclic amines) is 1. The van der Waals surface area contributed by atoms with E-state index in [0.29, 0.717) is 13.1 Å². The molecule has 15 heavy (non-hydrogen) atoms. The molecule has 5 nitrogen and oxygen atoms in total. The summed E-state index contributed by atoms with van der Waals surface area (Å²) in [5.41, 5.74) is 1.01. The second-order valence-electron chi connectivity index (χ2n) is 3.69. The molecule has 80 valence electrons. The maximum absolute atomic E-state index is 11.3. The number of nitrogens with zero attached hydrogens (tertiary/aromatic N) is 3. The molecule has 0 saturated carbocycles. The van der Waals surface area contributed by atoms with E-state index in [4.69, 9.17) is 0 Å². The second kappa shape index (κ2) is 4.35. The molecule has 0 aromatic carbocycles. The molecule has 1 aliphatic heterocycles. The number of β-amino-alcohol motifs (C(OH)–C–C–N with tert-alkyl or cyclic N) is 1. The number of rotatable bonds is 3. The van der Waals surface area contributed by atoms with Crippen LogP contribution in [0.4, 0.5) is 0 Å². The molecule has 1 fully saturated rings. The zero-order valence-electron chi connectivity index (χ0n) is 8.33. The molecule has 0 bridgehead atoms. The zero-order chi connectivity index (χ0) is 10.7. The molecule has 0 spiro atoms. The molecule has 0 aliphatic carbocycles. The number of hydrogen-bond donors (Lipinski definition) is 1. The van der Waals surface area contributed by atoms with Crippen molar-refractivity contribution in [3.8, 4) is 0 Å². The highest BCUT2D eigenvalue weighted by Crippen LogP contribution is 2.11. The summed E-state index contributed by atoms with van der Waals surface area (Å²) in [5, 5.41) is 9.28. The third kappa shape index (κ3) is 2.50. The van der Waals surface area contributed by atoms with E-state index >= 15 is 0 Å². The molecule has 1 atom stereocenters. The molecule has 1 unspecified atom stereocenters. The summed E-state index contributed by atoms with van der Waals surface area (Å²) in [5.74, 6) is 0.0272. The van der Waals surface area contributed by atoms with Crippen LogP contribution in [0.1, 0.15) is 12.0 Å². The topological polar surface area (TPSA) is 66.3 Å². The van der Waals surface area contributed by atoms with Crippen molar-refractivity contribution >= 4 is 5.91 Å². The molecule has 0 radical (unpaired) electrons. The van der Waals surface area contributed by atoms with Crippen molar-refractivity contribution < 1.29 is 9.90 Å². The normalized spacial score (nSPS) is 21.0. The lowest BCUT2D eigenvalue weighted by atomic mass is 10.2. The average Bonchev–Trinajstić information content (AvgIpc) is 2.56. The lowest BCUT2D eigenvalue weighted by Gasteiger charge is -2.14. The monoisotopic (exact) mass is 207 g/mol. The highest BCUT2D eigenvalue weighted by Gasteiger charge is 2.27. The Morgan fingerprint density at radius 2 is 2.20 bits per heavy atom. The predicted molar refractivity (Wildman–Crippen MR) is 52.9 cm³/mol. The molecule has 1 aromatic heterocycles. The largest absolute Gasteiger partial charge is 0.391 e. The van der Waals surface area contributed by atoms with Crippen molar-refractivity contribution in [2.24, 2.45) is 0 Å². The first kappa shape index (κ1) is 10.0. The van der Waals surface area contributed by atoms with Crippen molar-refractivity contribution in [2.45, 2.75) is 18.9 Å².